The Bertz CT molecular complexity index is 865. The van der Waals surface area contributed by atoms with Crippen LogP contribution in [0, 0.1) is 5.82 Å². The van der Waals surface area contributed by atoms with Gasteiger partial charge in [0.1, 0.15) is 5.82 Å². The van der Waals surface area contributed by atoms with Crippen LogP contribution >= 0.6 is 23.2 Å². The summed E-state index contributed by atoms with van der Waals surface area (Å²) in [5.74, 6) is -0.674. The number of halogens is 3. The van der Waals surface area contributed by atoms with Crippen LogP contribution in [0.3, 0.4) is 0 Å². The Labute approximate surface area is 188 Å². The van der Waals surface area contributed by atoms with E-state index in [1.807, 2.05) is 33.8 Å². The Hall–Kier alpha value is -1.82. The molecule has 1 amide bonds. The summed E-state index contributed by atoms with van der Waals surface area (Å²) in [6, 6.07) is 7.96. The Morgan fingerprint density at radius 3 is 2.37 bits per heavy atom. The second kappa shape index (κ2) is 11.5. The number of rotatable bonds is 7. The van der Waals surface area contributed by atoms with E-state index in [0.717, 1.165) is 5.56 Å². The first kappa shape index (κ1) is 26.2. The van der Waals surface area contributed by atoms with Gasteiger partial charge >= 0.3 is 0 Å². The first-order valence-corrected chi connectivity index (χ1v) is 10.8. The van der Waals surface area contributed by atoms with Crippen molar-refractivity contribution in [2.24, 2.45) is 0 Å². The summed E-state index contributed by atoms with van der Waals surface area (Å²) >= 11 is 12.5. The van der Waals surface area contributed by atoms with Crippen molar-refractivity contribution in [2.45, 2.75) is 59.5 Å². The van der Waals surface area contributed by atoms with Crippen molar-refractivity contribution in [3.8, 4) is 0 Å². The van der Waals surface area contributed by atoms with Crippen molar-refractivity contribution in [1.82, 2.24) is 5.32 Å². The van der Waals surface area contributed by atoms with Crippen LogP contribution in [0.1, 0.15) is 58.6 Å². The Morgan fingerprint density at radius 1 is 1.17 bits per heavy atom. The largest absolute Gasteiger partial charge is 0.389 e. The van der Waals surface area contributed by atoms with Gasteiger partial charge in [-0.3, -0.25) is 4.79 Å². The Morgan fingerprint density at radius 2 is 1.80 bits per heavy atom. The number of amides is 1. The van der Waals surface area contributed by atoms with Crippen LogP contribution in [-0.2, 0) is 11.2 Å². The van der Waals surface area contributed by atoms with Crippen molar-refractivity contribution in [2.75, 3.05) is 11.9 Å². The van der Waals surface area contributed by atoms with Gasteiger partial charge in [0.2, 0.25) is 5.91 Å². The molecule has 3 N–H and O–H groups in total. The molecule has 0 spiro atoms. The van der Waals surface area contributed by atoms with E-state index < -0.39 is 11.4 Å². The molecule has 0 saturated heterocycles. The van der Waals surface area contributed by atoms with E-state index >= 15 is 0 Å². The lowest BCUT2D eigenvalue weighted by Crippen LogP contribution is -2.38. The zero-order chi connectivity index (χ0) is 23.1. The summed E-state index contributed by atoms with van der Waals surface area (Å²) in [5.41, 5.74) is 1.46. The highest BCUT2D eigenvalue weighted by Gasteiger charge is 2.17. The number of hydrogen-bond donors (Lipinski definition) is 3. The van der Waals surface area contributed by atoms with Crippen LogP contribution in [0.2, 0.25) is 10.0 Å². The van der Waals surface area contributed by atoms with Gasteiger partial charge in [-0.2, -0.15) is 0 Å². The van der Waals surface area contributed by atoms with Gasteiger partial charge in [-0.15, -0.1) is 0 Å². The maximum atomic E-state index is 14.2. The normalized spacial score (nSPS) is 11.0. The molecule has 0 aliphatic heterocycles. The van der Waals surface area contributed by atoms with Gasteiger partial charge in [-0.25, -0.2) is 4.39 Å². The zero-order valence-corrected chi connectivity index (χ0v) is 19.9. The van der Waals surface area contributed by atoms with Gasteiger partial charge in [0, 0.05) is 17.3 Å². The average Bonchev–Trinajstić information content (AvgIpc) is 2.65. The van der Waals surface area contributed by atoms with E-state index in [2.05, 4.69) is 10.6 Å². The molecule has 0 bridgehead atoms. The molecule has 0 aromatic heterocycles. The van der Waals surface area contributed by atoms with Crippen LogP contribution < -0.4 is 10.6 Å². The Kier molecular flexibility index (Phi) is 10.1. The van der Waals surface area contributed by atoms with Gasteiger partial charge < -0.3 is 15.7 Å². The van der Waals surface area contributed by atoms with E-state index in [0.29, 0.717) is 21.4 Å². The summed E-state index contributed by atoms with van der Waals surface area (Å²) in [7, 11) is 0. The second-order valence-electron chi connectivity index (χ2n) is 7.70. The van der Waals surface area contributed by atoms with Crippen LogP contribution in [-0.4, -0.2) is 23.2 Å². The van der Waals surface area contributed by atoms with Crippen molar-refractivity contribution in [3.05, 3.63) is 57.3 Å². The quantitative estimate of drug-likeness (QED) is 0.448. The van der Waals surface area contributed by atoms with Crippen LogP contribution in [0.5, 0.6) is 0 Å². The van der Waals surface area contributed by atoms with Crippen LogP contribution in [0.15, 0.2) is 30.3 Å². The third kappa shape index (κ3) is 8.13. The second-order valence-corrected chi connectivity index (χ2v) is 8.55. The standard InChI is InChI=1S/C21H25Cl2FN2O2.C2H6/c1-12(2)16-9-14(22)10-17(23)20(16)26-15-5-6-18(24)13(7-15)8-19(27)25-11-21(3,4)28;1-2/h5-7,9-10,12,26,28H,8,11H2,1-4H3,(H,25,27);1-2H3. The highest BCUT2D eigenvalue weighted by molar-refractivity contribution is 6.36. The topological polar surface area (TPSA) is 61.4 Å². The third-order valence-corrected chi connectivity index (χ3v) is 4.61. The van der Waals surface area contributed by atoms with E-state index in [4.69, 9.17) is 23.2 Å². The van der Waals surface area contributed by atoms with E-state index in [1.165, 1.54) is 6.07 Å². The van der Waals surface area contributed by atoms with Crippen LogP contribution in [0.4, 0.5) is 15.8 Å². The summed E-state index contributed by atoms with van der Waals surface area (Å²) in [6.45, 7) is 11.3. The third-order valence-electron chi connectivity index (χ3n) is 4.09. The number of nitrogens with one attached hydrogen (secondary N) is 2. The first-order chi connectivity index (χ1) is 14.0. The van der Waals surface area contributed by atoms with Crippen molar-refractivity contribution >= 4 is 40.5 Å². The van der Waals surface area contributed by atoms with Gasteiger partial charge in [0.25, 0.3) is 0 Å². The minimum Gasteiger partial charge on any atom is -0.389 e. The predicted molar refractivity (Wildman–Crippen MR) is 125 cm³/mol. The van der Waals surface area contributed by atoms with Gasteiger partial charge in [0.15, 0.2) is 0 Å². The zero-order valence-electron chi connectivity index (χ0n) is 18.4. The molecule has 0 fully saturated rings. The van der Waals surface area contributed by atoms with Gasteiger partial charge in [-0.1, -0.05) is 50.9 Å². The smallest absolute Gasteiger partial charge is 0.224 e. The number of anilines is 2. The molecule has 0 aliphatic carbocycles. The molecule has 2 rings (SSSR count). The number of hydrogen-bond acceptors (Lipinski definition) is 3. The molecule has 0 unspecified atom stereocenters. The summed E-state index contributed by atoms with van der Waals surface area (Å²) in [6.07, 6.45) is -0.136. The van der Waals surface area contributed by atoms with Crippen molar-refractivity contribution in [1.29, 1.82) is 0 Å². The summed E-state index contributed by atoms with van der Waals surface area (Å²) in [5, 5.41) is 16.5. The lowest BCUT2D eigenvalue weighted by atomic mass is 10.0. The van der Waals surface area contributed by atoms with E-state index in [-0.39, 0.29) is 30.4 Å². The average molecular weight is 457 g/mol. The molecule has 4 nitrogen and oxygen atoms in total. The molecule has 0 radical (unpaired) electrons. The monoisotopic (exact) mass is 456 g/mol. The summed E-state index contributed by atoms with van der Waals surface area (Å²) < 4.78 is 14.2. The number of benzene rings is 2. The molecule has 0 saturated carbocycles. The molecule has 2 aromatic rings. The minimum absolute atomic E-state index is 0.0868. The molecule has 2 aromatic carbocycles. The predicted octanol–water partition coefficient (Wildman–Crippen LogP) is 6.46. The maximum Gasteiger partial charge on any atom is 0.224 e. The highest BCUT2D eigenvalue weighted by atomic mass is 35.5. The van der Waals surface area contributed by atoms with Gasteiger partial charge in [-0.05, 0) is 61.2 Å². The number of carbonyl (C=O) groups is 1. The lowest BCUT2D eigenvalue weighted by Gasteiger charge is -2.19. The molecule has 7 heteroatoms. The minimum atomic E-state index is -1.03. The van der Waals surface area contributed by atoms with Crippen molar-refractivity contribution in [3.63, 3.8) is 0 Å². The molecular weight excluding hydrogens is 426 g/mol. The molecule has 166 valence electrons. The lowest BCUT2D eigenvalue weighted by molar-refractivity contribution is -0.121. The SMILES string of the molecule is CC.CC(C)c1cc(Cl)cc(Cl)c1Nc1ccc(F)c(CC(=O)NCC(C)(C)O)c1. The van der Waals surface area contributed by atoms with Crippen LogP contribution in [0.25, 0.3) is 0 Å². The molecule has 0 aliphatic rings. The molecular formula is C23H31Cl2FN2O2. The summed E-state index contributed by atoms with van der Waals surface area (Å²) in [4.78, 5) is 12.1. The van der Waals surface area contributed by atoms with Gasteiger partial charge in [0.05, 0.1) is 22.7 Å². The van der Waals surface area contributed by atoms with E-state index in [1.54, 1.807) is 32.0 Å². The maximum absolute atomic E-state index is 14.2. The fraction of sp³-hybridized carbons (Fsp3) is 0.435. The fourth-order valence-electron chi connectivity index (χ4n) is 2.66. The fourth-order valence-corrected chi connectivity index (χ4v) is 3.22. The molecule has 0 atom stereocenters. The van der Waals surface area contributed by atoms with E-state index in [9.17, 15) is 14.3 Å². The van der Waals surface area contributed by atoms with Crippen molar-refractivity contribution < 1.29 is 14.3 Å². The number of carbonyl (C=O) groups excluding carboxylic acids is 1. The first-order valence-electron chi connectivity index (χ1n) is 10.00. The molecule has 30 heavy (non-hydrogen) atoms. The highest BCUT2D eigenvalue weighted by Crippen LogP contribution is 2.36. The molecule has 0 heterocycles. The Balaban J connectivity index is 0.00000218. The number of aliphatic hydroxyl groups is 1.